The van der Waals surface area contributed by atoms with E-state index in [0.29, 0.717) is 18.9 Å². The van der Waals surface area contributed by atoms with Crippen LogP contribution in [0.3, 0.4) is 0 Å². The predicted octanol–water partition coefficient (Wildman–Crippen LogP) is 7.25. The summed E-state index contributed by atoms with van der Waals surface area (Å²) >= 11 is 0. The number of hydrogen-bond donors (Lipinski definition) is 2. The van der Waals surface area contributed by atoms with Crippen molar-refractivity contribution in [1.29, 1.82) is 0 Å². The van der Waals surface area contributed by atoms with Gasteiger partial charge in [-0.3, -0.25) is 4.55 Å². The van der Waals surface area contributed by atoms with Gasteiger partial charge >= 0.3 is 11.9 Å². The van der Waals surface area contributed by atoms with E-state index in [1.54, 1.807) is 0 Å². The lowest BCUT2D eigenvalue weighted by Gasteiger charge is -2.16. The molecule has 0 aromatic rings. The van der Waals surface area contributed by atoms with E-state index < -0.39 is 28.2 Å². The molecule has 0 amide bonds. The molecule has 1 unspecified atom stereocenters. The maximum atomic E-state index is 11.8. The van der Waals surface area contributed by atoms with Crippen LogP contribution < -0.4 is 0 Å². The van der Waals surface area contributed by atoms with Gasteiger partial charge in [-0.2, -0.15) is 8.42 Å². The van der Waals surface area contributed by atoms with Crippen molar-refractivity contribution in [3.8, 4) is 0 Å². The zero-order valence-corrected chi connectivity index (χ0v) is 22.7. The van der Waals surface area contributed by atoms with Gasteiger partial charge in [-0.15, -0.1) is 0 Å². The Balaban J connectivity index is 3.80. The van der Waals surface area contributed by atoms with Crippen molar-refractivity contribution in [2.24, 2.45) is 0 Å². The van der Waals surface area contributed by atoms with Gasteiger partial charge in [0.15, 0.2) is 0 Å². The van der Waals surface area contributed by atoms with Crippen LogP contribution in [0.25, 0.3) is 0 Å². The SMILES string of the molecule is CCCCCCCCCCCCCCCCCCCC(CCCS(=O)(=O)O)OC(=O)/C=C\C(=O)O. The monoisotopic (exact) mass is 518 g/mol. The van der Waals surface area contributed by atoms with E-state index in [2.05, 4.69) is 6.92 Å². The number of rotatable bonds is 25. The average Bonchev–Trinajstić information content (AvgIpc) is 2.78. The normalized spacial score (nSPS) is 12.7. The second-order valence-corrected chi connectivity index (χ2v) is 11.2. The maximum Gasteiger partial charge on any atom is 0.331 e. The molecule has 0 saturated heterocycles. The molecule has 206 valence electrons. The Morgan fingerprint density at radius 3 is 1.49 bits per heavy atom. The average molecular weight is 519 g/mol. The Hall–Kier alpha value is -1.41. The summed E-state index contributed by atoms with van der Waals surface area (Å²) in [7, 11) is -4.05. The molecule has 1 atom stereocenters. The first kappa shape index (κ1) is 33.6. The van der Waals surface area contributed by atoms with Crippen molar-refractivity contribution >= 4 is 22.1 Å². The molecule has 0 radical (unpaired) electrons. The third-order valence-corrected chi connectivity index (χ3v) is 7.01. The van der Waals surface area contributed by atoms with Crippen molar-refractivity contribution in [3.63, 3.8) is 0 Å². The number of ether oxygens (including phenoxy) is 1. The van der Waals surface area contributed by atoms with Gasteiger partial charge in [-0.25, -0.2) is 9.59 Å². The van der Waals surface area contributed by atoms with Crippen LogP contribution in [-0.2, 0) is 24.4 Å². The number of hydrogen-bond acceptors (Lipinski definition) is 5. The number of aliphatic carboxylic acids is 1. The topological polar surface area (TPSA) is 118 Å². The zero-order valence-electron chi connectivity index (χ0n) is 21.9. The number of carboxylic acid groups (broad SMARTS) is 1. The predicted molar refractivity (Wildman–Crippen MR) is 141 cm³/mol. The van der Waals surface area contributed by atoms with Crippen molar-refractivity contribution in [2.75, 3.05) is 5.75 Å². The van der Waals surface area contributed by atoms with Crippen molar-refractivity contribution < 1.29 is 32.4 Å². The van der Waals surface area contributed by atoms with Crippen LogP contribution >= 0.6 is 0 Å². The highest BCUT2D eigenvalue weighted by atomic mass is 32.2. The molecule has 7 nitrogen and oxygen atoms in total. The second kappa shape index (κ2) is 23.0. The molecule has 8 heteroatoms. The maximum absolute atomic E-state index is 11.8. The van der Waals surface area contributed by atoms with Crippen molar-refractivity contribution in [2.45, 2.75) is 141 Å². The Labute approximate surface area is 213 Å². The summed E-state index contributed by atoms with van der Waals surface area (Å²) in [6.45, 7) is 2.26. The van der Waals surface area contributed by atoms with E-state index >= 15 is 0 Å². The molecule has 35 heavy (non-hydrogen) atoms. The minimum atomic E-state index is -4.05. The lowest BCUT2D eigenvalue weighted by Crippen LogP contribution is -2.18. The summed E-state index contributed by atoms with van der Waals surface area (Å²) in [6.07, 6.45) is 23.9. The summed E-state index contributed by atoms with van der Waals surface area (Å²) in [4.78, 5) is 22.3. The smallest absolute Gasteiger partial charge is 0.331 e. The molecule has 0 aliphatic heterocycles. The highest BCUT2D eigenvalue weighted by molar-refractivity contribution is 7.85. The van der Waals surface area contributed by atoms with Gasteiger partial charge < -0.3 is 9.84 Å². The van der Waals surface area contributed by atoms with Crippen LogP contribution in [0, 0.1) is 0 Å². The van der Waals surface area contributed by atoms with Crippen molar-refractivity contribution in [3.05, 3.63) is 12.2 Å². The van der Waals surface area contributed by atoms with E-state index in [1.807, 2.05) is 0 Å². The molecule has 0 heterocycles. The molecule has 0 aliphatic rings. The molecule has 0 fully saturated rings. The highest BCUT2D eigenvalue weighted by Crippen LogP contribution is 2.17. The third kappa shape index (κ3) is 27.0. The minimum Gasteiger partial charge on any atom is -0.478 e. The highest BCUT2D eigenvalue weighted by Gasteiger charge is 2.15. The largest absolute Gasteiger partial charge is 0.478 e. The lowest BCUT2D eigenvalue weighted by atomic mass is 10.0. The molecule has 0 spiro atoms. The van der Waals surface area contributed by atoms with Crippen LogP contribution in [0.15, 0.2) is 12.2 Å². The number of carbonyl (C=O) groups is 2. The summed E-state index contributed by atoms with van der Waals surface area (Å²) in [5.74, 6) is -2.38. The number of esters is 1. The van der Waals surface area contributed by atoms with Crippen LogP contribution in [0.4, 0.5) is 0 Å². The third-order valence-electron chi connectivity index (χ3n) is 6.20. The molecule has 0 aromatic carbocycles. The number of carbonyl (C=O) groups excluding carboxylic acids is 1. The number of unbranched alkanes of at least 4 members (excludes halogenated alkanes) is 16. The fraction of sp³-hybridized carbons (Fsp3) is 0.852. The van der Waals surface area contributed by atoms with E-state index in [9.17, 15) is 18.0 Å². The standard InChI is InChI=1S/C27H50O7S/c1-2-3-4-5-6-7-8-9-10-11-12-13-14-15-16-17-18-20-25(21-19-24-35(31,32)33)34-27(30)23-22-26(28)29/h22-23,25H,2-21,24H2,1H3,(H,28,29)(H,31,32,33)/b23-22-. The molecule has 0 rings (SSSR count). The fourth-order valence-corrected chi connectivity index (χ4v) is 4.73. The van der Waals surface area contributed by atoms with Gasteiger partial charge in [0, 0.05) is 12.2 Å². The molecule has 0 saturated carbocycles. The Morgan fingerprint density at radius 2 is 1.09 bits per heavy atom. The Kier molecular flexibility index (Phi) is 22.1. The first-order valence-electron chi connectivity index (χ1n) is 13.8. The molecule has 0 bridgehead atoms. The quantitative estimate of drug-likeness (QED) is 0.0565. The van der Waals surface area contributed by atoms with Crippen LogP contribution in [0.1, 0.15) is 135 Å². The van der Waals surface area contributed by atoms with E-state index in [4.69, 9.17) is 14.4 Å². The zero-order chi connectivity index (χ0) is 26.2. The van der Waals surface area contributed by atoms with Gasteiger partial charge in [0.1, 0.15) is 6.10 Å². The summed E-state index contributed by atoms with van der Waals surface area (Å²) in [6, 6.07) is 0. The Morgan fingerprint density at radius 1 is 0.686 bits per heavy atom. The van der Waals surface area contributed by atoms with Crippen LogP contribution in [0.2, 0.25) is 0 Å². The van der Waals surface area contributed by atoms with Gasteiger partial charge in [0.05, 0.1) is 5.75 Å². The van der Waals surface area contributed by atoms with Crippen LogP contribution in [0.5, 0.6) is 0 Å². The molecule has 0 aromatic heterocycles. The lowest BCUT2D eigenvalue weighted by molar-refractivity contribution is -0.144. The summed E-state index contributed by atoms with van der Waals surface area (Å²) in [5, 5.41) is 8.60. The molecule has 0 aliphatic carbocycles. The molecular weight excluding hydrogens is 468 g/mol. The van der Waals surface area contributed by atoms with Gasteiger partial charge in [0.25, 0.3) is 10.1 Å². The molecular formula is C27H50O7S. The number of carboxylic acids is 1. The van der Waals surface area contributed by atoms with Crippen molar-refractivity contribution in [1.82, 2.24) is 0 Å². The first-order chi connectivity index (χ1) is 16.7. The molecule has 2 N–H and O–H groups in total. The Bertz CT molecular complexity index is 658. The second-order valence-electron chi connectivity index (χ2n) is 9.60. The van der Waals surface area contributed by atoms with E-state index in [0.717, 1.165) is 25.3 Å². The van der Waals surface area contributed by atoms with Gasteiger partial charge in [-0.05, 0) is 25.7 Å². The van der Waals surface area contributed by atoms with E-state index in [-0.39, 0.29) is 12.2 Å². The first-order valence-corrected chi connectivity index (χ1v) is 15.4. The minimum absolute atomic E-state index is 0.179. The summed E-state index contributed by atoms with van der Waals surface area (Å²) < 4.78 is 36.0. The van der Waals surface area contributed by atoms with Gasteiger partial charge in [0.2, 0.25) is 0 Å². The fourth-order valence-electron chi connectivity index (χ4n) is 4.20. The van der Waals surface area contributed by atoms with Gasteiger partial charge in [-0.1, -0.05) is 110 Å². The van der Waals surface area contributed by atoms with E-state index in [1.165, 1.54) is 89.9 Å². The van der Waals surface area contributed by atoms with Crippen LogP contribution in [-0.4, -0.2) is 41.9 Å². The summed E-state index contributed by atoms with van der Waals surface area (Å²) in [5.41, 5.74) is 0.